The van der Waals surface area contributed by atoms with Gasteiger partial charge in [-0.1, -0.05) is 18.3 Å². The highest BCUT2D eigenvalue weighted by Crippen LogP contribution is 2.24. The van der Waals surface area contributed by atoms with Crippen molar-refractivity contribution in [2.75, 3.05) is 4.72 Å². The number of thiophene rings is 1. The molecule has 7 heteroatoms. The predicted molar refractivity (Wildman–Crippen MR) is 86.9 cm³/mol. The number of hydrogen-bond acceptors (Lipinski definition) is 4. The molecule has 1 aromatic carbocycles. The Labute approximate surface area is 127 Å². The molecule has 0 bridgehead atoms. The van der Waals surface area contributed by atoms with Gasteiger partial charge in [0.2, 0.25) is 0 Å². The van der Waals surface area contributed by atoms with Gasteiger partial charge in [-0.15, -0.1) is 11.3 Å². The van der Waals surface area contributed by atoms with Gasteiger partial charge in [0.1, 0.15) is 9.20 Å². The molecule has 0 fully saturated rings. The maximum absolute atomic E-state index is 12.2. The third-order valence-corrected chi connectivity index (χ3v) is 6.19. The standard InChI is InChI=1S/C13H14N2O2S3/c1-8-3-4-10(7-9(8)2)15-20(16,17)12-6-5-11(19-12)13(14)18/h3-7,15H,1-2H3,(H2,14,18). The monoisotopic (exact) mass is 326 g/mol. The summed E-state index contributed by atoms with van der Waals surface area (Å²) in [5.41, 5.74) is 8.17. The second-order valence-corrected chi connectivity index (χ2v) is 7.82. The predicted octanol–water partition coefficient (Wildman–Crippen LogP) is 2.80. The lowest BCUT2D eigenvalue weighted by Crippen LogP contribution is -2.11. The quantitative estimate of drug-likeness (QED) is 0.848. The highest BCUT2D eigenvalue weighted by molar-refractivity contribution is 7.94. The minimum absolute atomic E-state index is 0.193. The van der Waals surface area contributed by atoms with Gasteiger partial charge in [-0.05, 0) is 49.2 Å². The first-order valence-electron chi connectivity index (χ1n) is 5.79. The third kappa shape index (κ3) is 3.17. The first-order valence-corrected chi connectivity index (χ1v) is 8.50. The molecule has 0 aliphatic carbocycles. The lowest BCUT2D eigenvalue weighted by Gasteiger charge is -2.08. The van der Waals surface area contributed by atoms with Gasteiger partial charge in [0.05, 0.1) is 4.88 Å². The molecule has 106 valence electrons. The highest BCUT2D eigenvalue weighted by Gasteiger charge is 2.17. The number of nitrogens with two attached hydrogens (primary N) is 1. The van der Waals surface area contributed by atoms with Crippen molar-refractivity contribution in [1.82, 2.24) is 0 Å². The molecule has 0 amide bonds. The van der Waals surface area contributed by atoms with E-state index in [1.807, 2.05) is 19.9 Å². The molecule has 0 aliphatic rings. The summed E-state index contributed by atoms with van der Waals surface area (Å²) in [5, 5.41) is 0. The van der Waals surface area contributed by atoms with E-state index in [4.69, 9.17) is 18.0 Å². The van der Waals surface area contributed by atoms with E-state index < -0.39 is 10.0 Å². The SMILES string of the molecule is Cc1ccc(NS(=O)(=O)c2ccc(C(N)=S)s2)cc1C. The lowest BCUT2D eigenvalue weighted by molar-refractivity contribution is 0.603. The number of nitrogens with one attached hydrogen (secondary N) is 1. The molecule has 0 radical (unpaired) electrons. The summed E-state index contributed by atoms with van der Waals surface area (Å²) < 4.78 is 27.2. The third-order valence-electron chi connectivity index (χ3n) is 2.85. The zero-order valence-electron chi connectivity index (χ0n) is 11.0. The molecular weight excluding hydrogens is 312 g/mol. The van der Waals surface area contributed by atoms with Crippen LogP contribution < -0.4 is 10.5 Å². The molecule has 0 unspecified atom stereocenters. The van der Waals surface area contributed by atoms with Gasteiger partial charge in [-0.3, -0.25) is 4.72 Å². The second kappa shape index (κ2) is 5.51. The summed E-state index contributed by atoms with van der Waals surface area (Å²) in [7, 11) is -3.60. The molecule has 2 aromatic rings. The summed E-state index contributed by atoms with van der Waals surface area (Å²) in [6.07, 6.45) is 0. The fourth-order valence-corrected chi connectivity index (χ4v) is 4.01. The molecule has 0 spiro atoms. The lowest BCUT2D eigenvalue weighted by atomic mass is 10.1. The average Bonchev–Trinajstić information content (AvgIpc) is 2.84. The van der Waals surface area contributed by atoms with Crippen LogP contribution in [0.1, 0.15) is 16.0 Å². The van der Waals surface area contributed by atoms with E-state index in [2.05, 4.69) is 4.72 Å². The molecule has 20 heavy (non-hydrogen) atoms. The van der Waals surface area contributed by atoms with Crippen LogP contribution in [0.3, 0.4) is 0 Å². The Morgan fingerprint density at radius 2 is 1.90 bits per heavy atom. The molecule has 1 heterocycles. The van der Waals surface area contributed by atoms with Crippen LogP contribution in [-0.2, 0) is 10.0 Å². The average molecular weight is 326 g/mol. The van der Waals surface area contributed by atoms with E-state index in [-0.39, 0.29) is 9.20 Å². The minimum Gasteiger partial charge on any atom is -0.389 e. The van der Waals surface area contributed by atoms with Crippen LogP contribution in [0.4, 0.5) is 5.69 Å². The fourth-order valence-electron chi connectivity index (χ4n) is 1.61. The van der Waals surface area contributed by atoms with Crippen molar-refractivity contribution >= 4 is 44.3 Å². The number of benzene rings is 1. The van der Waals surface area contributed by atoms with E-state index in [1.165, 1.54) is 6.07 Å². The normalized spacial score (nSPS) is 11.3. The van der Waals surface area contributed by atoms with Crippen LogP contribution in [0.2, 0.25) is 0 Å². The van der Waals surface area contributed by atoms with Crippen LogP contribution in [0.25, 0.3) is 0 Å². The van der Waals surface area contributed by atoms with E-state index in [9.17, 15) is 8.42 Å². The molecule has 2 rings (SSSR count). The van der Waals surface area contributed by atoms with Crippen molar-refractivity contribution < 1.29 is 8.42 Å². The summed E-state index contributed by atoms with van der Waals surface area (Å²) in [4.78, 5) is 0.781. The van der Waals surface area contributed by atoms with Gasteiger partial charge in [0.25, 0.3) is 10.0 Å². The Hall–Kier alpha value is -1.44. The molecule has 0 aliphatic heterocycles. The van der Waals surface area contributed by atoms with Crippen molar-refractivity contribution in [3.8, 4) is 0 Å². The Morgan fingerprint density at radius 3 is 2.45 bits per heavy atom. The van der Waals surface area contributed by atoms with Gasteiger partial charge in [0, 0.05) is 5.69 Å². The zero-order chi connectivity index (χ0) is 14.9. The maximum Gasteiger partial charge on any atom is 0.271 e. The van der Waals surface area contributed by atoms with E-state index in [0.29, 0.717) is 10.6 Å². The number of anilines is 1. The Bertz CT molecular complexity index is 764. The molecule has 0 atom stereocenters. The topological polar surface area (TPSA) is 72.2 Å². The van der Waals surface area contributed by atoms with Gasteiger partial charge < -0.3 is 5.73 Å². The van der Waals surface area contributed by atoms with Crippen molar-refractivity contribution in [2.45, 2.75) is 18.1 Å². The zero-order valence-corrected chi connectivity index (χ0v) is 13.5. The van der Waals surface area contributed by atoms with E-state index in [1.54, 1.807) is 18.2 Å². The number of hydrogen-bond donors (Lipinski definition) is 2. The van der Waals surface area contributed by atoms with Crippen LogP contribution in [0.15, 0.2) is 34.5 Å². The largest absolute Gasteiger partial charge is 0.389 e. The van der Waals surface area contributed by atoms with Crippen molar-refractivity contribution in [3.05, 3.63) is 46.3 Å². The number of thiocarbonyl (C=S) groups is 1. The molecule has 0 saturated heterocycles. The first kappa shape index (κ1) is 15.0. The Morgan fingerprint density at radius 1 is 1.20 bits per heavy atom. The van der Waals surface area contributed by atoms with Crippen molar-refractivity contribution in [2.24, 2.45) is 5.73 Å². The van der Waals surface area contributed by atoms with Crippen LogP contribution in [0.5, 0.6) is 0 Å². The summed E-state index contributed by atoms with van der Waals surface area (Å²) in [6, 6.07) is 8.53. The smallest absolute Gasteiger partial charge is 0.271 e. The minimum atomic E-state index is -3.60. The van der Waals surface area contributed by atoms with Crippen LogP contribution in [-0.4, -0.2) is 13.4 Å². The number of rotatable bonds is 4. The summed E-state index contributed by atoms with van der Waals surface area (Å²) >= 11 is 5.89. The van der Waals surface area contributed by atoms with Crippen molar-refractivity contribution in [1.29, 1.82) is 0 Å². The van der Waals surface area contributed by atoms with Crippen LogP contribution >= 0.6 is 23.6 Å². The maximum atomic E-state index is 12.2. The molecule has 4 nitrogen and oxygen atoms in total. The Balaban J connectivity index is 2.30. The van der Waals surface area contributed by atoms with Gasteiger partial charge in [-0.2, -0.15) is 0 Å². The Kier molecular flexibility index (Phi) is 4.12. The molecule has 1 aromatic heterocycles. The van der Waals surface area contributed by atoms with Crippen LogP contribution in [0, 0.1) is 13.8 Å². The first-order chi connectivity index (χ1) is 9.29. The van der Waals surface area contributed by atoms with E-state index in [0.717, 1.165) is 22.5 Å². The molecule has 0 saturated carbocycles. The second-order valence-electron chi connectivity index (χ2n) is 4.39. The summed E-state index contributed by atoms with van der Waals surface area (Å²) in [6.45, 7) is 3.91. The fraction of sp³-hybridized carbons (Fsp3) is 0.154. The van der Waals surface area contributed by atoms with Gasteiger partial charge in [0.15, 0.2) is 0 Å². The summed E-state index contributed by atoms with van der Waals surface area (Å²) in [5.74, 6) is 0. The van der Waals surface area contributed by atoms with Crippen molar-refractivity contribution in [3.63, 3.8) is 0 Å². The number of aryl methyl sites for hydroxylation is 2. The van der Waals surface area contributed by atoms with Gasteiger partial charge >= 0.3 is 0 Å². The highest BCUT2D eigenvalue weighted by atomic mass is 32.2. The van der Waals surface area contributed by atoms with Gasteiger partial charge in [-0.25, -0.2) is 8.42 Å². The molecular formula is C13H14N2O2S3. The molecule has 3 N–H and O–H groups in total. The van der Waals surface area contributed by atoms with E-state index >= 15 is 0 Å². The number of sulfonamides is 1.